The van der Waals surface area contributed by atoms with Gasteiger partial charge in [-0.2, -0.15) is 0 Å². The molecule has 0 aliphatic carbocycles. The van der Waals surface area contributed by atoms with E-state index in [0.717, 1.165) is 15.7 Å². The minimum Gasteiger partial charge on any atom is -0.371 e. The third kappa shape index (κ3) is 3.49. The Balaban J connectivity index is 2.16. The molecule has 0 bridgehead atoms. The van der Waals surface area contributed by atoms with E-state index in [1.807, 2.05) is 33.8 Å². The fraction of sp³-hybridized carbons (Fsp3) is 0.421. The van der Waals surface area contributed by atoms with E-state index in [1.165, 1.54) is 0 Å². The molecule has 1 unspecified atom stereocenters. The van der Waals surface area contributed by atoms with Crippen LogP contribution in [0.3, 0.4) is 0 Å². The number of ether oxygens (including phenoxy) is 1. The number of rotatable bonds is 5. The highest BCUT2D eigenvalue weighted by Crippen LogP contribution is 2.19. The molecule has 1 saturated heterocycles. The Bertz CT molecular complexity index is 929. The highest BCUT2D eigenvalue weighted by Gasteiger charge is 2.28. The highest BCUT2D eigenvalue weighted by atomic mass is 16.6. The zero-order chi connectivity index (χ0) is 18.3. The maximum absolute atomic E-state index is 13.0. The molecule has 3 rings (SSSR count). The van der Waals surface area contributed by atoms with Gasteiger partial charge >= 0.3 is 5.69 Å². The van der Waals surface area contributed by atoms with Gasteiger partial charge in [-0.25, -0.2) is 4.79 Å². The first-order valence-corrected chi connectivity index (χ1v) is 8.39. The molecule has 1 fully saturated rings. The van der Waals surface area contributed by atoms with Crippen LogP contribution in [0.15, 0.2) is 27.8 Å². The second-order valence-corrected chi connectivity index (χ2v) is 6.95. The first-order valence-electron chi connectivity index (χ1n) is 8.39. The summed E-state index contributed by atoms with van der Waals surface area (Å²) in [6.45, 7) is 8.25. The summed E-state index contributed by atoms with van der Waals surface area (Å²) in [6, 6.07) is 5.50. The van der Waals surface area contributed by atoms with Crippen molar-refractivity contribution in [1.82, 2.24) is 9.55 Å². The maximum Gasteiger partial charge on any atom is 0.329 e. The van der Waals surface area contributed by atoms with Crippen LogP contribution >= 0.6 is 0 Å². The number of aromatic nitrogens is 2. The van der Waals surface area contributed by atoms with Gasteiger partial charge in [0.05, 0.1) is 24.9 Å². The molecule has 1 aliphatic heterocycles. The van der Waals surface area contributed by atoms with E-state index in [4.69, 9.17) is 4.74 Å². The summed E-state index contributed by atoms with van der Waals surface area (Å²) in [4.78, 5) is 40.8. The van der Waals surface area contributed by atoms with Gasteiger partial charge < -0.3 is 9.72 Å². The summed E-state index contributed by atoms with van der Waals surface area (Å²) in [7, 11) is 0. The fourth-order valence-corrected chi connectivity index (χ4v) is 3.09. The van der Waals surface area contributed by atoms with Gasteiger partial charge in [-0.1, -0.05) is 31.0 Å². The second-order valence-electron chi connectivity index (χ2n) is 6.95. The molecule has 0 saturated carbocycles. The molecule has 132 valence electrons. The van der Waals surface area contributed by atoms with Crippen LogP contribution in [0.5, 0.6) is 0 Å². The Hall–Kier alpha value is -2.47. The summed E-state index contributed by atoms with van der Waals surface area (Å²) < 4.78 is 6.25. The van der Waals surface area contributed by atoms with E-state index < -0.39 is 11.2 Å². The Morgan fingerprint density at radius 2 is 1.84 bits per heavy atom. The number of nitrogens with one attached hydrogen (secondary N) is 1. The van der Waals surface area contributed by atoms with E-state index in [0.29, 0.717) is 17.7 Å². The number of H-pyrrole nitrogens is 1. The molecule has 1 aromatic carbocycles. The highest BCUT2D eigenvalue weighted by molar-refractivity contribution is 6.08. The van der Waals surface area contributed by atoms with Crippen molar-refractivity contribution in [3.63, 3.8) is 0 Å². The normalized spacial score (nSPS) is 16.3. The van der Waals surface area contributed by atoms with Crippen molar-refractivity contribution in [3.05, 3.63) is 67.0 Å². The molecule has 1 N–H and O–H groups in total. The lowest BCUT2D eigenvalue weighted by Gasteiger charge is -2.14. The van der Waals surface area contributed by atoms with Crippen LogP contribution in [0.2, 0.25) is 0 Å². The monoisotopic (exact) mass is 342 g/mol. The van der Waals surface area contributed by atoms with Crippen molar-refractivity contribution in [2.45, 2.75) is 46.3 Å². The topological polar surface area (TPSA) is 84.5 Å². The fourth-order valence-electron chi connectivity index (χ4n) is 3.09. The molecule has 0 spiro atoms. The van der Waals surface area contributed by atoms with Crippen molar-refractivity contribution >= 4 is 5.78 Å². The molecule has 6 heteroatoms. The van der Waals surface area contributed by atoms with E-state index in [2.05, 4.69) is 4.98 Å². The number of epoxide rings is 1. The van der Waals surface area contributed by atoms with E-state index in [-0.39, 0.29) is 30.0 Å². The predicted octanol–water partition coefficient (Wildman–Crippen LogP) is 1.91. The number of hydrogen-bond donors (Lipinski definition) is 1. The van der Waals surface area contributed by atoms with E-state index >= 15 is 0 Å². The van der Waals surface area contributed by atoms with Crippen LogP contribution in [0.25, 0.3) is 0 Å². The van der Waals surface area contributed by atoms with Crippen molar-refractivity contribution < 1.29 is 9.53 Å². The zero-order valence-electron chi connectivity index (χ0n) is 14.9. The van der Waals surface area contributed by atoms with Gasteiger partial charge in [-0.15, -0.1) is 0 Å². The van der Waals surface area contributed by atoms with Crippen LogP contribution in [0.4, 0.5) is 0 Å². The van der Waals surface area contributed by atoms with Crippen LogP contribution in [-0.4, -0.2) is 28.0 Å². The summed E-state index contributed by atoms with van der Waals surface area (Å²) >= 11 is 0. The number of nitrogens with zero attached hydrogens (tertiary/aromatic N) is 1. The Morgan fingerprint density at radius 1 is 1.24 bits per heavy atom. The summed E-state index contributed by atoms with van der Waals surface area (Å²) in [5.41, 5.74) is 1.82. The third-order valence-corrected chi connectivity index (χ3v) is 4.30. The van der Waals surface area contributed by atoms with Gasteiger partial charge in [0.2, 0.25) is 5.78 Å². The second kappa shape index (κ2) is 6.44. The Kier molecular flexibility index (Phi) is 4.47. The largest absolute Gasteiger partial charge is 0.371 e. The lowest BCUT2D eigenvalue weighted by atomic mass is 9.96. The van der Waals surface area contributed by atoms with Crippen molar-refractivity contribution in [2.75, 3.05) is 6.61 Å². The number of carbonyl (C=O) groups excluding carboxylic acids is 1. The lowest BCUT2D eigenvalue weighted by Crippen LogP contribution is -2.41. The third-order valence-electron chi connectivity index (χ3n) is 4.30. The van der Waals surface area contributed by atoms with Crippen LogP contribution < -0.4 is 11.2 Å². The first-order chi connectivity index (χ1) is 11.8. The molecule has 1 atom stereocenters. The quantitative estimate of drug-likeness (QED) is 0.664. The molecule has 2 heterocycles. The molecule has 2 aromatic rings. The predicted molar refractivity (Wildman–Crippen MR) is 94.5 cm³/mol. The van der Waals surface area contributed by atoms with Crippen molar-refractivity contribution in [1.29, 1.82) is 0 Å². The minimum atomic E-state index is -0.572. The van der Waals surface area contributed by atoms with Gasteiger partial charge in [-0.05, 0) is 31.9 Å². The van der Waals surface area contributed by atoms with Gasteiger partial charge in [0.25, 0.3) is 5.56 Å². The van der Waals surface area contributed by atoms with Gasteiger partial charge in [0, 0.05) is 11.1 Å². The van der Waals surface area contributed by atoms with Gasteiger partial charge in [0.15, 0.2) is 0 Å². The van der Waals surface area contributed by atoms with Gasteiger partial charge in [0.1, 0.15) is 0 Å². The molecule has 0 amide bonds. The Morgan fingerprint density at radius 3 is 2.36 bits per heavy atom. The molecular formula is C19H22N2O4. The number of carbonyl (C=O) groups is 1. The van der Waals surface area contributed by atoms with Gasteiger partial charge in [-0.3, -0.25) is 14.2 Å². The molecular weight excluding hydrogens is 320 g/mol. The molecule has 1 aromatic heterocycles. The SMILES string of the molecule is Cc1cc(C)cc(C(=O)c2[nH]c(=O)n(CC3CO3)c(=O)c2C(C)C)c1. The van der Waals surface area contributed by atoms with Crippen molar-refractivity contribution in [2.24, 2.45) is 0 Å². The standard InChI is InChI=1S/C19H22N2O4/c1-10(2)15-16(17(22)13-6-11(3)5-12(4)7-13)20-19(24)21(18(15)23)8-14-9-25-14/h5-7,10,14H,8-9H2,1-4H3,(H,20,24). The molecule has 0 radical (unpaired) electrons. The lowest BCUT2D eigenvalue weighted by molar-refractivity contribution is 0.103. The number of aryl methyl sites for hydroxylation is 2. The van der Waals surface area contributed by atoms with Crippen LogP contribution in [0, 0.1) is 13.8 Å². The van der Waals surface area contributed by atoms with E-state index in [9.17, 15) is 14.4 Å². The summed E-state index contributed by atoms with van der Waals surface area (Å²) in [5.74, 6) is -0.528. The zero-order valence-corrected chi connectivity index (χ0v) is 14.9. The maximum atomic E-state index is 13.0. The molecule has 6 nitrogen and oxygen atoms in total. The summed E-state index contributed by atoms with van der Waals surface area (Å²) in [5, 5.41) is 0. The average Bonchev–Trinajstić information content (AvgIpc) is 3.32. The van der Waals surface area contributed by atoms with Crippen LogP contribution in [-0.2, 0) is 11.3 Å². The molecule has 1 aliphatic rings. The minimum absolute atomic E-state index is 0.0861. The smallest absolute Gasteiger partial charge is 0.329 e. The first kappa shape index (κ1) is 17.4. The number of aromatic amines is 1. The Labute approximate surface area is 145 Å². The van der Waals surface area contributed by atoms with Crippen molar-refractivity contribution in [3.8, 4) is 0 Å². The average molecular weight is 342 g/mol. The number of benzene rings is 1. The van der Waals surface area contributed by atoms with E-state index in [1.54, 1.807) is 12.1 Å². The number of ketones is 1. The summed E-state index contributed by atoms with van der Waals surface area (Å²) in [6.07, 6.45) is -0.0974. The van der Waals surface area contributed by atoms with Crippen LogP contribution in [0.1, 0.15) is 52.5 Å². The number of hydrogen-bond acceptors (Lipinski definition) is 4. The molecule has 25 heavy (non-hydrogen) atoms.